The minimum absolute atomic E-state index is 0.434. The number of hydrogen-bond donors (Lipinski definition) is 2. The van der Waals surface area contributed by atoms with Gasteiger partial charge in [-0.25, -0.2) is 0 Å². The summed E-state index contributed by atoms with van der Waals surface area (Å²) in [6.07, 6.45) is 1.44. The molecule has 0 saturated carbocycles. The maximum absolute atomic E-state index is 10.9. The molecule has 98 valence electrons. The number of nitrogen functional groups attached to an aromatic ring is 1. The standard InChI is InChI=1S/C16H18N2O/c1-16(18-12-19,14-7-3-2-4-8-14)11-13-6-5-9-15(17)10-13/h2-10,12H,11,17H2,1H3,(H,18,19). The molecule has 19 heavy (non-hydrogen) atoms. The van der Waals surface area contributed by atoms with Gasteiger partial charge in [0.1, 0.15) is 0 Å². The number of carbonyl (C=O) groups is 1. The molecule has 0 spiro atoms. The van der Waals surface area contributed by atoms with E-state index in [2.05, 4.69) is 5.32 Å². The number of carbonyl (C=O) groups excluding carboxylic acids is 1. The predicted molar refractivity (Wildman–Crippen MR) is 77.6 cm³/mol. The highest BCUT2D eigenvalue weighted by Crippen LogP contribution is 2.25. The van der Waals surface area contributed by atoms with Crippen molar-refractivity contribution in [2.75, 3.05) is 5.73 Å². The molecule has 2 aromatic rings. The summed E-state index contributed by atoms with van der Waals surface area (Å²) in [7, 11) is 0. The number of rotatable bonds is 5. The van der Waals surface area contributed by atoms with E-state index < -0.39 is 5.54 Å². The number of nitrogens with one attached hydrogen (secondary N) is 1. The number of benzene rings is 2. The molecule has 1 amide bonds. The van der Waals surface area contributed by atoms with Crippen LogP contribution in [0.2, 0.25) is 0 Å². The summed E-state index contributed by atoms with van der Waals surface area (Å²) in [4.78, 5) is 10.9. The maximum atomic E-state index is 10.9. The average Bonchev–Trinajstić information content (AvgIpc) is 2.40. The van der Waals surface area contributed by atoms with Crippen molar-refractivity contribution in [3.05, 3.63) is 65.7 Å². The van der Waals surface area contributed by atoms with E-state index in [0.29, 0.717) is 6.42 Å². The average molecular weight is 254 g/mol. The van der Waals surface area contributed by atoms with Crippen LogP contribution in [0.3, 0.4) is 0 Å². The number of amides is 1. The van der Waals surface area contributed by atoms with Crippen molar-refractivity contribution in [3.8, 4) is 0 Å². The molecule has 1 atom stereocenters. The molecule has 0 radical (unpaired) electrons. The summed E-state index contributed by atoms with van der Waals surface area (Å²) >= 11 is 0. The van der Waals surface area contributed by atoms with E-state index in [0.717, 1.165) is 23.2 Å². The van der Waals surface area contributed by atoms with Crippen LogP contribution in [0, 0.1) is 0 Å². The minimum Gasteiger partial charge on any atom is -0.399 e. The quantitative estimate of drug-likeness (QED) is 0.636. The minimum atomic E-state index is -0.434. The zero-order valence-electron chi connectivity index (χ0n) is 11.0. The molecule has 0 aliphatic carbocycles. The molecule has 0 aliphatic heterocycles. The molecule has 0 aliphatic rings. The van der Waals surface area contributed by atoms with Gasteiger partial charge < -0.3 is 11.1 Å². The third-order valence-corrected chi connectivity index (χ3v) is 3.30. The van der Waals surface area contributed by atoms with Crippen molar-refractivity contribution >= 4 is 12.1 Å². The van der Waals surface area contributed by atoms with Gasteiger partial charge in [0.25, 0.3) is 0 Å². The first-order valence-corrected chi connectivity index (χ1v) is 6.25. The summed E-state index contributed by atoms with van der Waals surface area (Å²) in [6, 6.07) is 17.7. The summed E-state index contributed by atoms with van der Waals surface area (Å²) in [6.45, 7) is 2.01. The Kier molecular flexibility index (Phi) is 3.85. The molecule has 0 heterocycles. The van der Waals surface area contributed by atoms with Gasteiger partial charge in [0, 0.05) is 5.69 Å². The second-order valence-corrected chi connectivity index (χ2v) is 4.88. The molecular weight excluding hydrogens is 236 g/mol. The Morgan fingerprint density at radius 3 is 2.53 bits per heavy atom. The Balaban J connectivity index is 2.32. The highest BCUT2D eigenvalue weighted by molar-refractivity contribution is 5.50. The lowest BCUT2D eigenvalue weighted by Gasteiger charge is -2.30. The van der Waals surface area contributed by atoms with Crippen LogP contribution in [0.4, 0.5) is 5.69 Å². The molecule has 3 heteroatoms. The summed E-state index contributed by atoms with van der Waals surface area (Å²) < 4.78 is 0. The first-order chi connectivity index (χ1) is 9.14. The maximum Gasteiger partial charge on any atom is 0.207 e. The van der Waals surface area contributed by atoms with Crippen LogP contribution < -0.4 is 11.1 Å². The number of nitrogens with two attached hydrogens (primary N) is 1. The van der Waals surface area contributed by atoms with Crippen molar-refractivity contribution in [1.29, 1.82) is 0 Å². The fourth-order valence-electron chi connectivity index (χ4n) is 2.28. The summed E-state index contributed by atoms with van der Waals surface area (Å²) in [5.74, 6) is 0. The van der Waals surface area contributed by atoms with Gasteiger partial charge in [-0.1, -0.05) is 42.5 Å². The lowest BCUT2D eigenvalue weighted by atomic mass is 9.85. The van der Waals surface area contributed by atoms with Gasteiger partial charge in [-0.2, -0.15) is 0 Å². The topological polar surface area (TPSA) is 55.1 Å². The van der Waals surface area contributed by atoms with Crippen molar-refractivity contribution in [3.63, 3.8) is 0 Å². The van der Waals surface area contributed by atoms with Crippen molar-refractivity contribution in [2.45, 2.75) is 18.9 Å². The third-order valence-electron chi connectivity index (χ3n) is 3.30. The van der Waals surface area contributed by atoms with Gasteiger partial charge in [-0.3, -0.25) is 4.79 Å². The molecule has 0 aromatic heterocycles. The second-order valence-electron chi connectivity index (χ2n) is 4.88. The molecule has 0 fully saturated rings. The molecule has 0 saturated heterocycles. The third kappa shape index (κ3) is 3.13. The van der Waals surface area contributed by atoms with E-state index in [1.807, 2.05) is 61.5 Å². The zero-order valence-corrected chi connectivity index (χ0v) is 11.0. The molecule has 2 rings (SSSR count). The van der Waals surface area contributed by atoms with Gasteiger partial charge in [-0.05, 0) is 36.6 Å². The van der Waals surface area contributed by atoms with Crippen LogP contribution in [0.1, 0.15) is 18.1 Å². The molecule has 3 N–H and O–H groups in total. The predicted octanol–water partition coefficient (Wildman–Crippen LogP) is 2.47. The molecule has 0 bridgehead atoms. The van der Waals surface area contributed by atoms with E-state index in [-0.39, 0.29) is 0 Å². The Bertz CT molecular complexity index is 554. The Morgan fingerprint density at radius 1 is 1.16 bits per heavy atom. The van der Waals surface area contributed by atoms with Crippen molar-refractivity contribution < 1.29 is 4.79 Å². The van der Waals surface area contributed by atoms with Gasteiger partial charge in [0.2, 0.25) is 6.41 Å². The van der Waals surface area contributed by atoms with Gasteiger partial charge in [-0.15, -0.1) is 0 Å². The van der Waals surface area contributed by atoms with E-state index >= 15 is 0 Å². The molecular formula is C16H18N2O. The Labute approximate surface area is 113 Å². The highest BCUT2D eigenvalue weighted by Gasteiger charge is 2.26. The fraction of sp³-hybridized carbons (Fsp3) is 0.188. The molecule has 3 nitrogen and oxygen atoms in total. The Hall–Kier alpha value is -2.29. The second kappa shape index (κ2) is 5.57. The lowest BCUT2D eigenvalue weighted by Crippen LogP contribution is -2.40. The van der Waals surface area contributed by atoms with Crippen LogP contribution >= 0.6 is 0 Å². The smallest absolute Gasteiger partial charge is 0.207 e. The number of hydrogen-bond acceptors (Lipinski definition) is 2. The van der Waals surface area contributed by atoms with Crippen molar-refractivity contribution in [2.24, 2.45) is 0 Å². The van der Waals surface area contributed by atoms with Gasteiger partial charge >= 0.3 is 0 Å². The van der Waals surface area contributed by atoms with Crippen LogP contribution in [0.25, 0.3) is 0 Å². The SMILES string of the molecule is CC(Cc1cccc(N)c1)(NC=O)c1ccccc1. The fourth-order valence-corrected chi connectivity index (χ4v) is 2.28. The zero-order chi connectivity index (χ0) is 13.7. The largest absolute Gasteiger partial charge is 0.399 e. The summed E-state index contributed by atoms with van der Waals surface area (Å²) in [5, 5.41) is 2.92. The monoisotopic (exact) mass is 254 g/mol. The van der Waals surface area contributed by atoms with Gasteiger partial charge in [0.05, 0.1) is 5.54 Å². The van der Waals surface area contributed by atoms with Crippen LogP contribution in [-0.4, -0.2) is 6.41 Å². The molecule has 1 unspecified atom stereocenters. The van der Waals surface area contributed by atoms with E-state index in [4.69, 9.17) is 5.73 Å². The van der Waals surface area contributed by atoms with E-state index in [1.165, 1.54) is 0 Å². The molecule has 2 aromatic carbocycles. The van der Waals surface area contributed by atoms with E-state index in [1.54, 1.807) is 0 Å². The van der Waals surface area contributed by atoms with Crippen molar-refractivity contribution in [1.82, 2.24) is 5.32 Å². The first kappa shape index (κ1) is 13.1. The van der Waals surface area contributed by atoms with Gasteiger partial charge in [0.15, 0.2) is 0 Å². The normalized spacial score (nSPS) is 13.5. The van der Waals surface area contributed by atoms with Crippen LogP contribution in [0.15, 0.2) is 54.6 Å². The highest BCUT2D eigenvalue weighted by atomic mass is 16.1. The Morgan fingerprint density at radius 2 is 1.89 bits per heavy atom. The first-order valence-electron chi connectivity index (χ1n) is 6.25. The van der Waals surface area contributed by atoms with E-state index in [9.17, 15) is 4.79 Å². The lowest BCUT2D eigenvalue weighted by molar-refractivity contribution is -0.111. The van der Waals surface area contributed by atoms with Crippen LogP contribution in [0.5, 0.6) is 0 Å². The summed E-state index contributed by atoms with van der Waals surface area (Å²) in [5.41, 5.74) is 8.27. The number of anilines is 1. The van der Waals surface area contributed by atoms with Crippen LogP contribution in [-0.2, 0) is 16.8 Å².